The highest BCUT2D eigenvalue weighted by Gasteiger charge is 2.10. The van der Waals surface area contributed by atoms with Crippen LogP contribution < -0.4 is 0 Å². The molecule has 1 aromatic carbocycles. The van der Waals surface area contributed by atoms with Crippen LogP contribution in [0.5, 0.6) is 0 Å². The maximum Gasteiger partial charge on any atom is -0.00940 e. The molecule has 15 heavy (non-hydrogen) atoms. The average molecular weight is 196 g/mol. The molecule has 0 bridgehead atoms. The number of aryl methyl sites for hydroxylation is 1. The van der Waals surface area contributed by atoms with Gasteiger partial charge in [0.05, 0.1) is 0 Å². The van der Waals surface area contributed by atoms with E-state index in [9.17, 15) is 0 Å². The third-order valence-corrected chi connectivity index (χ3v) is 3.04. The van der Waals surface area contributed by atoms with Crippen molar-refractivity contribution < 1.29 is 0 Å². The van der Waals surface area contributed by atoms with Crippen molar-refractivity contribution in [3.63, 3.8) is 0 Å². The van der Waals surface area contributed by atoms with E-state index in [4.69, 9.17) is 0 Å². The lowest BCUT2D eigenvalue weighted by Crippen LogP contribution is -1.95. The van der Waals surface area contributed by atoms with E-state index in [1.165, 1.54) is 27.8 Å². The summed E-state index contributed by atoms with van der Waals surface area (Å²) in [5.74, 6) is 0. The van der Waals surface area contributed by atoms with Gasteiger partial charge in [0, 0.05) is 0 Å². The molecule has 0 fully saturated rings. The second-order valence-electron chi connectivity index (χ2n) is 4.06. The zero-order valence-electron chi connectivity index (χ0n) is 9.38. The third kappa shape index (κ3) is 1.80. The van der Waals surface area contributed by atoms with Crippen LogP contribution in [-0.4, -0.2) is 0 Å². The molecule has 1 aromatic rings. The molecule has 0 saturated carbocycles. The van der Waals surface area contributed by atoms with Crippen LogP contribution in [0.25, 0.3) is 5.57 Å². The second-order valence-corrected chi connectivity index (χ2v) is 4.06. The minimum Gasteiger partial charge on any atom is -0.0949 e. The van der Waals surface area contributed by atoms with Gasteiger partial charge in [0.25, 0.3) is 0 Å². The first-order valence-corrected chi connectivity index (χ1v) is 5.31. The van der Waals surface area contributed by atoms with Crippen molar-refractivity contribution in [3.8, 4) is 0 Å². The summed E-state index contributed by atoms with van der Waals surface area (Å²) in [7, 11) is 0. The van der Waals surface area contributed by atoms with Gasteiger partial charge in [0.15, 0.2) is 0 Å². The van der Waals surface area contributed by atoms with Gasteiger partial charge >= 0.3 is 0 Å². The van der Waals surface area contributed by atoms with Gasteiger partial charge < -0.3 is 0 Å². The fourth-order valence-electron chi connectivity index (χ4n) is 1.93. The lowest BCUT2D eigenvalue weighted by atomic mass is 9.89. The van der Waals surface area contributed by atoms with E-state index < -0.39 is 0 Å². The molecule has 1 aliphatic carbocycles. The van der Waals surface area contributed by atoms with Crippen molar-refractivity contribution in [2.75, 3.05) is 0 Å². The summed E-state index contributed by atoms with van der Waals surface area (Å²) in [6.07, 6.45) is 7.40. The summed E-state index contributed by atoms with van der Waals surface area (Å²) in [5.41, 5.74) is 6.53. The summed E-state index contributed by atoms with van der Waals surface area (Å²) in [6.45, 7) is 8.45. The Morgan fingerprint density at radius 2 is 2.00 bits per heavy atom. The van der Waals surface area contributed by atoms with Crippen LogP contribution in [0.2, 0.25) is 0 Å². The minimum atomic E-state index is 0.971. The highest BCUT2D eigenvalue weighted by molar-refractivity contribution is 5.82. The number of allylic oxidation sites excluding steroid dienone is 5. The Kier molecular flexibility index (Phi) is 2.59. The molecular formula is C15H16. The molecular weight excluding hydrogens is 180 g/mol. The van der Waals surface area contributed by atoms with Crippen LogP contribution in [0, 0.1) is 13.8 Å². The first kappa shape index (κ1) is 9.97. The van der Waals surface area contributed by atoms with E-state index >= 15 is 0 Å². The Morgan fingerprint density at radius 3 is 2.73 bits per heavy atom. The number of benzene rings is 1. The van der Waals surface area contributed by atoms with Gasteiger partial charge in [-0.05, 0) is 48.1 Å². The largest absolute Gasteiger partial charge is 0.0949 e. The first-order chi connectivity index (χ1) is 7.20. The average Bonchev–Trinajstić information content (AvgIpc) is 2.23. The maximum atomic E-state index is 4.12. The molecule has 76 valence electrons. The molecule has 0 spiro atoms. The Hall–Kier alpha value is -1.56. The first-order valence-electron chi connectivity index (χ1n) is 5.31. The van der Waals surface area contributed by atoms with Crippen molar-refractivity contribution in [2.45, 2.75) is 20.3 Å². The molecule has 0 aromatic heterocycles. The van der Waals surface area contributed by atoms with Gasteiger partial charge in [-0.1, -0.05) is 43.0 Å². The van der Waals surface area contributed by atoms with Gasteiger partial charge in [-0.15, -0.1) is 0 Å². The normalized spacial score (nSPS) is 15.3. The zero-order valence-corrected chi connectivity index (χ0v) is 9.38. The SMILES string of the molecule is C=C1CC=CC=C1c1cccc(C)c1C. The molecule has 1 aliphatic rings. The fraction of sp³-hybridized carbons (Fsp3) is 0.200. The minimum absolute atomic E-state index is 0.971. The molecule has 0 heteroatoms. The summed E-state index contributed by atoms with van der Waals surface area (Å²) < 4.78 is 0. The molecule has 0 amide bonds. The summed E-state index contributed by atoms with van der Waals surface area (Å²) >= 11 is 0. The lowest BCUT2D eigenvalue weighted by Gasteiger charge is -2.16. The summed E-state index contributed by atoms with van der Waals surface area (Å²) in [4.78, 5) is 0. The number of rotatable bonds is 1. The highest BCUT2D eigenvalue weighted by atomic mass is 14.1. The Morgan fingerprint density at radius 1 is 1.20 bits per heavy atom. The van der Waals surface area contributed by atoms with Gasteiger partial charge in [0.1, 0.15) is 0 Å². The van der Waals surface area contributed by atoms with Crippen molar-refractivity contribution in [1.29, 1.82) is 0 Å². The quantitative estimate of drug-likeness (QED) is 0.631. The van der Waals surface area contributed by atoms with Crippen molar-refractivity contribution in [2.24, 2.45) is 0 Å². The molecule has 0 atom stereocenters. The zero-order chi connectivity index (χ0) is 10.8. The van der Waals surface area contributed by atoms with Gasteiger partial charge in [-0.3, -0.25) is 0 Å². The Balaban J connectivity index is 2.54. The summed E-state index contributed by atoms with van der Waals surface area (Å²) in [5, 5.41) is 0. The maximum absolute atomic E-state index is 4.12. The molecule has 0 unspecified atom stereocenters. The predicted molar refractivity (Wildman–Crippen MR) is 66.8 cm³/mol. The van der Waals surface area contributed by atoms with E-state index in [1.807, 2.05) is 0 Å². The Labute approximate surface area is 91.6 Å². The van der Waals surface area contributed by atoms with Crippen LogP contribution in [0.4, 0.5) is 0 Å². The highest BCUT2D eigenvalue weighted by Crippen LogP contribution is 2.30. The molecule has 0 saturated heterocycles. The van der Waals surface area contributed by atoms with Crippen LogP contribution in [0.3, 0.4) is 0 Å². The van der Waals surface area contributed by atoms with Crippen LogP contribution in [0.1, 0.15) is 23.1 Å². The van der Waals surface area contributed by atoms with Crippen LogP contribution >= 0.6 is 0 Å². The van der Waals surface area contributed by atoms with Crippen molar-refractivity contribution >= 4 is 5.57 Å². The van der Waals surface area contributed by atoms with Crippen LogP contribution in [0.15, 0.2) is 48.6 Å². The molecule has 0 nitrogen and oxygen atoms in total. The predicted octanol–water partition coefficient (Wildman–Crippen LogP) is 4.20. The molecule has 2 rings (SSSR count). The van der Waals surface area contributed by atoms with E-state index in [0.29, 0.717) is 0 Å². The third-order valence-electron chi connectivity index (χ3n) is 3.04. The molecule has 0 heterocycles. The molecule has 0 radical (unpaired) electrons. The van der Waals surface area contributed by atoms with Gasteiger partial charge in [-0.2, -0.15) is 0 Å². The number of hydrogen-bond acceptors (Lipinski definition) is 0. The van der Waals surface area contributed by atoms with E-state index in [0.717, 1.165) is 6.42 Å². The lowest BCUT2D eigenvalue weighted by molar-refractivity contribution is 1.25. The van der Waals surface area contributed by atoms with E-state index in [1.54, 1.807) is 0 Å². The van der Waals surface area contributed by atoms with Crippen molar-refractivity contribution in [3.05, 3.63) is 65.3 Å². The van der Waals surface area contributed by atoms with Crippen LogP contribution in [-0.2, 0) is 0 Å². The van der Waals surface area contributed by atoms with Gasteiger partial charge in [0.2, 0.25) is 0 Å². The smallest absolute Gasteiger partial charge is 0.00940 e. The van der Waals surface area contributed by atoms with Crippen molar-refractivity contribution in [1.82, 2.24) is 0 Å². The molecule has 0 aliphatic heterocycles. The fourth-order valence-corrected chi connectivity index (χ4v) is 1.93. The summed E-state index contributed by atoms with van der Waals surface area (Å²) in [6, 6.07) is 6.45. The second kappa shape index (κ2) is 3.90. The van der Waals surface area contributed by atoms with E-state index in [-0.39, 0.29) is 0 Å². The monoisotopic (exact) mass is 196 g/mol. The molecule has 0 N–H and O–H groups in total. The van der Waals surface area contributed by atoms with Gasteiger partial charge in [-0.25, -0.2) is 0 Å². The standard InChI is InChI=1S/C15H16/c1-11-8-6-10-15(13(11)3)14-9-5-4-7-12(14)2/h4-6,8-10H,2,7H2,1,3H3. The van der Waals surface area contributed by atoms with E-state index in [2.05, 4.69) is 56.9 Å². The number of hydrogen-bond donors (Lipinski definition) is 0. The Bertz CT molecular complexity index is 459. The topological polar surface area (TPSA) is 0 Å².